The molecule has 0 spiro atoms. The van der Waals surface area contributed by atoms with Crippen molar-refractivity contribution in [2.75, 3.05) is 25.6 Å². The van der Waals surface area contributed by atoms with E-state index in [1.54, 1.807) is 12.0 Å². The van der Waals surface area contributed by atoms with Gasteiger partial charge in [-0.25, -0.2) is 4.79 Å². The van der Waals surface area contributed by atoms with Gasteiger partial charge in [-0.1, -0.05) is 13.3 Å². The summed E-state index contributed by atoms with van der Waals surface area (Å²) in [7, 11) is 1.60. The first-order valence-corrected chi connectivity index (χ1v) is 7.96. The summed E-state index contributed by atoms with van der Waals surface area (Å²) in [5, 5.41) is 6.27. The van der Waals surface area contributed by atoms with Crippen molar-refractivity contribution in [3.05, 3.63) is 12.4 Å². The van der Waals surface area contributed by atoms with Gasteiger partial charge in [0.1, 0.15) is 6.54 Å². The number of alkyl halides is 3. The number of rotatable bonds is 6. The van der Waals surface area contributed by atoms with Crippen molar-refractivity contribution < 1.29 is 22.7 Å². The summed E-state index contributed by atoms with van der Waals surface area (Å²) in [6.07, 6.45) is 1.52. The molecule has 24 heavy (non-hydrogen) atoms. The minimum absolute atomic E-state index is 0.249. The van der Waals surface area contributed by atoms with Gasteiger partial charge >= 0.3 is 12.2 Å². The van der Waals surface area contributed by atoms with E-state index < -0.39 is 12.7 Å². The van der Waals surface area contributed by atoms with Gasteiger partial charge in [-0.15, -0.1) is 0 Å². The average molecular weight is 348 g/mol. The Kier molecular flexibility index (Phi) is 5.74. The maximum absolute atomic E-state index is 12.6. The maximum atomic E-state index is 12.6. The largest absolute Gasteiger partial charge is 0.408 e. The molecule has 0 unspecified atom stereocenters. The molecule has 1 fully saturated rings. The lowest BCUT2D eigenvalue weighted by Gasteiger charge is -2.38. The van der Waals surface area contributed by atoms with E-state index in [1.807, 2.05) is 6.92 Å². The lowest BCUT2D eigenvalue weighted by Crippen LogP contribution is -2.51. The van der Waals surface area contributed by atoms with Crippen LogP contribution in [-0.4, -0.2) is 52.7 Å². The fraction of sp³-hybridized carbons (Fsp3) is 0.733. The highest BCUT2D eigenvalue weighted by Crippen LogP contribution is 2.34. The standard InChI is InChI=1S/C15H23F3N4O2/c1-3-5-14(11-24-2)6-4-7-22(14)13(23)20-12-8-19-21(9-12)10-15(16,17)18/h8-9H,3-7,10-11H2,1-2H3,(H,20,23)/t14-/m0/s1. The number of anilines is 1. The number of halogens is 3. The molecule has 0 aromatic carbocycles. The number of likely N-dealkylation sites (tertiary alicyclic amines) is 1. The number of hydrogen-bond donors (Lipinski definition) is 1. The van der Waals surface area contributed by atoms with E-state index in [-0.39, 0.29) is 17.3 Å². The molecule has 2 heterocycles. The Labute approximate surface area is 138 Å². The van der Waals surface area contributed by atoms with Gasteiger partial charge in [-0.3, -0.25) is 4.68 Å². The molecule has 6 nitrogen and oxygen atoms in total. The topological polar surface area (TPSA) is 59.4 Å². The molecule has 1 aliphatic heterocycles. The molecule has 0 saturated carbocycles. The van der Waals surface area contributed by atoms with Crippen molar-refractivity contribution in [2.45, 2.75) is 50.9 Å². The average Bonchev–Trinajstić information content (AvgIpc) is 3.05. The Bertz CT molecular complexity index is 553. The Morgan fingerprint density at radius 1 is 1.50 bits per heavy atom. The zero-order valence-corrected chi connectivity index (χ0v) is 13.9. The van der Waals surface area contributed by atoms with Gasteiger partial charge in [-0.05, 0) is 19.3 Å². The highest BCUT2D eigenvalue weighted by Gasteiger charge is 2.43. The summed E-state index contributed by atoms with van der Waals surface area (Å²) >= 11 is 0. The molecule has 9 heteroatoms. The smallest absolute Gasteiger partial charge is 0.382 e. The van der Waals surface area contributed by atoms with Crippen LogP contribution in [0.25, 0.3) is 0 Å². The zero-order chi connectivity index (χ0) is 17.8. The predicted octanol–water partition coefficient (Wildman–Crippen LogP) is 3.26. The van der Waals surface area contributed by atoms with Crippen molar-refractivity contribution in [1.29, 1.82) is 0 Å². The highest BCUT2D eigenvalue weighted by molar-refractivity contribution is 5.89. The Hall–Kier alpha value is -1.77. The Morgan fingerprint density at radius 2 is 2.25 bits per heavy atom. The summed E-state index contributed by atoms with van der Waals surface area (Å²) in [6, 6.07) is -0.329. The summed E-state index contributed by atoms with van der Waals surface area (Å²) in [6.45, 7) is 1.91. The lowest BCUT2D eigenvalue weighted by molar-refractivity contribution is -0.142. The number of amides is 2. The summed E-state index contributed by atoms with van der Waals surface area (Å²) in [5.41, 5.74) is -0.103. The first-order valence-electron chi connectivity index (χ1n) is 7.96. The number of hydrogen-bond acceptors (Lipinski definition) is 3. The van der Waals surface area contributed by atoms with Crippen molar-refractivity contribution in [3.63, 3.8) is 0 Å². The molecule has 1 aliphatic rings. The van der Waals surface area contributed by atoms with E-state index in [0.717, 1.165) is 30.4 Å². The number of aromatic nitrogens is 2. The van der Waals surface area contributed by atoms with Gasteiger partial charge in [0.2, 0.25) is 0 Å². The normalized spacial score (nSPS) is 21.3. The van der Waals surface area contributed by atoms with Gasteiger partial charge in [0.15, 0.2) is 0 Å². The second-order valence-electron chi connectivity index (χ2n) is 6.13. The Morgan fingerprint density at radius 3 is 2.88 bits per heavy atom. The summed E-state index contributed by atoms with van der Waals surface area (Å²) in [4.78, 5) is 14.3. The van der Waals surface area contributed by atoms with E-state index in [1.165, 1.54) is 12.4 Å². The fourth-order valence-electron chi connectivity index (χ4n) is 3.36. The van der Waals surface area contributed by atoms with Crippen molar-refractivity contribution >= 4 is 11.7 Å². The molecule has 1 N–H and O–H groups in total. The number of urea groups is 1. The molecule has 1 aromatic rings. The summed E-state index contributed by atoms with van der Waals surface area (Å²) < 4.78 is 43.1. The third-order valence-corrected chi connectivity index (χ3v) is 4.20. The van der Waals surface area contributed by atoms with Gasteiger partial charge in [0.25, 0.3) is 0 Å². The van der Waals surface area contributed by atoms with Crippen LogP contribution in [0.2, 0.25) is 0 Å². The van der Waals surface area contributed by atoms with Crippen LogP contribution >= 0.6 is 0 Å². The number of methoxy groups -OCH3 is 1. The molecule has 0 aliphatic carbocycles. The van der Waals surface area contributed by atoms with Gasteiger partial charge < -0.3 is 15.0 Å². The van der Waals surface area contributed by atoms with Crippen LogP contribution in [0.15, 0.2) is 12.4 Å². The van der Waals surface area contributed by atoms with Crippen LogP contribution in [0, 0.1) is 0 Å². The third kappa shape index (κ3) is 4.40. The number of carbonyl (C=O) groups excluding carboxylic acids is 1. The first kappa shape index (κ1) is 18.6. The Balaban J connectivity index is 2.05. The predicted molar refractivity (Wildman–Crippen MR) is 82.8 cm³/mol. The molecule has 136 valence electrons. The molecular weight excluding hydrogens is 325 g/mol. The van der Waals surface area contributed by atoms with E-state index in [2.05, 4.69) is 10.4 Å². The number of nitrogens with one attached hydrogen (secondary N) is 1. The second kappa shape index (κ2) is 7.42. The maximum Gasteiger partial charge on any atom is 0.408 e. The monoisotopic (exact) mass is 348 g/mol. The fourth-order valence-corrected chi connectivity index (χ4v) is 3.36. The van der Waals surface area contributed by atoms with E-state index in [9.17, 15) is 18.0 Å². The number of carbonyl (C=O) groups is 1. The second-order valence-corrected chi connectivity index (χ2v) is 6.13. The molecule has 0 radical (unpaired) electrons. The van der Waals surface area contributed by atoms with Crippen LogP contribution in [0.3, 0.4) is 0 Å². The molecule has 2 amide bonds. The zero-order valence-electron chi connectivity index (χ0n) is 13.9. The van der Waals surface area contributed by atoms with Gasteiger partial charge in [-0.2, -0.15) is 18.3 Å². The minimum atomic E-state index is -4.35. The lowest BCUT2D eigenvalue weighted by atomic mass is 9.91. The first-order chi connectivity index (χ1) is 11.3. The quantitative estimate of drug-likeness (QED) is 0.858. The molecule has 0 bridgehead atoms. The molecular formula is C15H23F3N4O2. The van der Waals surface area contributed by atoms with E-state index >= 15 is 0 Å². The number of ether oxygens (including phenoxy) is 1. The minimum Gasteiger partial charge on any atom is -0.382 e. The highest BCUT2D eigenvalue weighted by atomic mass is 19.4. The van der Waals surface area contributed by atoms with Crippen molar-refractivity contribution in [3.8, 4) is 0 Å². The van der Waals surface area contributed by atoms with E-state index in [4.69, 9.17) is 4.74 Å². The van der Waals surface area contributed by atoms with Crippen LogP contribution in [-0.2, 0) is 11.3 Å². The van der Waals surface area contributed by atoms with Crippen molar-refractivity contribution in [1.82, 2.24) is 14.7 Å². The SMILES string of the molecule is CCC[C@@]1(COC)CCCN1C(=O)Nc1cnn(CC(F)(F)F)c1. The van der Waals surface area contributed by atoms with Crippen LogP contribution in [0.5, 0.6) is 0 Å². The summed E-state index contributed by atoms with van der Waals surface area (Å²) in [5.74, 6) is 0. The molecule has 1 saturated heterocycles. The van der Waals surface area contributed by atoms with Crippen LogP contribution in [0.4, 0.5) is 23.7 Å². The third-order valence-electron chi connectivity index (χ3n) is 4.20. The van der Waals surface area contributed by atoms with E-state index in [0.29, 0.717) is 13.2 Å². The number of nitrogens with zero attached hydrogens (tertiary/aromatic N) is 3. The van der Waals surface area contributed by atoms with Gasteiger partial charge in [0, 0.05) is 19.9 Å². The molecule has 1 aromatic heterocycles. The van der Waals surface area contributed by atoms with Crippen LogP contribution < -0.4 is 5.32 Å². The van der Waals surface area contributed by atoms with Gasteiger partial charge in [0.05, 0.1) is 24.0 Å². The molecule has 2 rings (SSSR count). The van der Waals surface area contributed by atoms with Crippen LogP contribution in [0.1, 0.15) is 32.6 Å². The molecule has 1 atom stereocenters. The van der Waals surface area contributed by atoms with Crippen molar-refractivity contribution in [2.24, 2.45) is 0 Å².